The number of morpholine rings is 1. The molecular weight excluding hydrogens is 210 g/mol. The van der Waals surface area contributed by atoms with Gasteiger partial charge >= 0.3 is 11.4 Å². The lowest BCUT2D eigenvalue weighted by Gasteiger charge is -2.28. The normalized spacial score (nSPS) is 23.3. The minimum Gasteiger partial charge on any atom is -0.389 e. The molecule has 1 fully saturated rings. The van der Waals surface area contributed by atoms with Crippen LogP contribution < -0.4 is 0 Å². The van der Waals surface area contributed by atoms with Crippen LogP contribution in [-0.2, 0) is 20.3 Å². The zero-order chi connectivity index (χ0) is 10.4. The van der Waals surface area contributed by atoms with E-state index < -0.39 is 17.5 Å². The highest BCUT2D eigenvalue weighted by atomic mass is 32.2. The monoisotopic (exact) mass is 225 g/mol. The molecule has 7 heteroatoms. The van der Waals surface area contributed by atoms with Crippen molar-refractivity contribution < 1.29 is 22.8 Å². The largest absolute Gasteiger partial charge is 0.389 e. The van der Waals surface area contributed by atoms with Gasteiger partial charge in [-0.15, -0.1) is 0 Å². The van der Waals surface area contributed by atoms with E-state index in [0.717, 1.165) is 13.1 Å². The van der Waals surface area contributed by atoms with Gasteiger partial charge in [0.15, 0.2) is 0 Å². The van der Waals surface area contributed by atoms with Gasteiger partial charge in [-0.3, -0.25) is 13.6 Å². The molecule has 0 bridgehead atoms. The molecule has 0 spiro atoms. The van der Waals surface area contributed by atoms with E-state index in [1.807, 2.05) is 4.90 Å². The van der Waals surface area contributed by atoms with Crippen LogP contribution in [0.25, 0.3) is 0 Å². The van der Waals surface area contributed by atoms with E-state index in [0.29, 0.717) is 19.8 Å². The van der Waals surface area contributed by atoms with E-state index in [2.05, 4.69) is 4.18 Å². The maximum Gasteiger partial charge on any atom is 0.301 e. The molecule has 1 heterocycles. The van der Waals surface area contributed by atoms with Crippen LogP contribution >= 0.6 is 0 Å². The summed E-state index contributed by atoms with van der Waals surface area (Å²) in [6.07, 6.45) is -0.732. The van der Waals surface area contributed by atoms with Crippen molar-refractivity contribution in [3.8, 4) is 0 Å². The van der Waals surface area contributed by atoms with Crippen LogP contribution in [0, 0.1) is 0 Å². The van der Waals surface area contributed by atoms with Crippen molar-refractivity contribution in [2.24, 2.45) is 0 Å². The van der Waals surface area contributed by atoms with Crippen LogP contribution in [0.15, 0.2) is 0 Å². The van der Waals surface area contributed by atoms with Crippen LogP contribution in [0.1, 0.15) is 0 Å². The minimum absolute atomic E-state index is 0.125. The van der Waals surface area contributed by atoms with E-state index in [4.69, 9.17) is 9.29 Å². The molecule has 0 radical (unpaired) electrons. The first-order valence-electron chi connectivity index (χ1n) is 4.41. The van der Waals surface area contributed by atoms with Gasteiger partial charge in [-0.25, -0.2) is 0 Å². The molecule has 1 aliphatic rings. The molecule has 0 aromatic heterocycles. The fourth-order valence-corrected chi connectivity index (χ4v) is 1.54. The van der Waals surface area contributed by atoms with Crippen LogP contribution in [0.5, 0.6) is 0 Å². The van der Waals surface area contributed by atoms with Crippen molar-refractivity contribution in [2.45, 2.75) is 6.10 Å². The highest BCUT2D eigenvalue weighted by Gasteiger charge is 2.15. The standard InChI is InChI=1S/C7H15NO5S/c9-7(6-13-14(10)11)5-8-1-3-12-4-2-8/h7,9H,1-6H2,(H,10,11). The van der Waals surface area contributed by atoms with Gasteiger partial charge < -0.3 is 9.84 Å². The second kappa shape index (κ2) is 6.44. The second-order valence-corrected chi connectivity index (χ2v) is 3.74. The van der Waals surface area contributed by atoms with Crippen LogP contribution in [0.2, 0.25) is 0 Å². The van der Waals surface area contributed by atoms with E-state index in [-0.39, 0.29) is 6.61 Å². The van der Waals surface area contributed by atoms with Gasteiger partial charge in [0, 0.05) is 19.6 Å². The third kappa shape index (κ3) is 4.99. The topological polar surface area (TPSA) is 79.2 Å². The Kier molecular flexibility index (Phi) is 5.53. The van der Waals surface area contributed by atoms with Crippen molar-refractivity contribution in [3.63, 3.8) is 0 Å². The predicted molar refractivity (Wildman–Crippen MR) is 50.0 cm³/mol. The maximum atomic E-state index is 10.1. The summed E-state index contributed by atoms with van der Waals surface area (Å²) in [4.78, 5) is 2.03. The molecule has 0 saturated carbocycles. The molecule has 1 saturated heterocycles. The Morgan fingerprint density at radius 1 is 1.50 bits per heavy atom. The third-order valence-corrected chi connectivity index (χ3v) is 2.27. The van der Waals surface area contributed by atoms with E-state index in [1.54, 1.807) is 0 Å². The number of hydrogen-bond acceptors (Lipinski definition) is 5. The van der Waals surface area contributed by atoms with Gasteiger partial charge in [0.05, 0.1) is 25.9 Å². The Morgan fingerprint density at radius 2 is 2.14 bits per heavy atom. The molecule has 0 aliphatic carbocycles. The predicted octanol–water partition coefficient (Wildman–Crippen LogP) is -1.17. The van der Waals surface area contributed by atoms with Crippen molar-refractivity contribution in [1.82, 2.24) is 4.90 Å². The Labute approximate surface area is 85.3 Å². The van der Waals surface area contributed by atoms with Gasteiger partial charge in [-0.05, 0) is 0 Å². The second-order valence-electron chi connectivity index (χ2n) is 3.07. The lowest BCUT2D eigenvalue weighted by molar-refractivity contribution is 0.00508. The molecule has 6 nitrogen and oxygen atoms in total. The summed E-state index contributed by atoms with van der Waals surface area (Å²) in [7, 11) is 0. The first-order chi connectivity index (χ1) is 6.68. The third-order valence-electron chi connectivity index (χ3n) is 1.93. The number of aliphatic hydroxyl groups is 1. The average molecular weight is 225 g/mol. The van der Waals surface area contributed by atoms with Crippen LogP contribution in [-0.4, -0.2) is 64.3 Å². The number of nitrogens with zero attached hydrogens (tertiary/aromatic N) is 1. The number of aliphatic hydroxyl groups excluding tert-OH is 1. The lowest BCUT2D eigenvalue weighted by Crippen LogP contribution is -2.42. The highest BCUT2D eigenvalue weighted by Crippen LogP contribution is 1.99. The van der Waals surface area contributed by atoms with Crippen LogP contribution in [0.3, 0.4) is 0 Å². The maximum absolute atomic E-state index is 10.1. The van der Waals surface area contributed by atoms with Gasteiger partial charge in [0.25, 0.3) is 0 Å². The first kappa shape index (κ1) is 12.0. The summed E-state index contributed by atoms with van der Waals surface area (Å²) in [6, 6.07) is 0. The number of hydrogen-bond donors (Lipinski definition) is 2. The van der Waals surface area contributed by atoms with Gasteiger partial charge in [-0.1, -0.05) is 0 Å². The summed E-state index contributed by atoms with van der Waals surface area (Å²) >= 11 is -2.30. The fraction of sp³-hybridized carbons (Fsp3) is 1.00. The van der Waals surface area contributed by atoms with Gasteiger partial charge in [0.1, 0.15) is 0 Å². The lowest BCUT2D eigenvalue weighted by atomic mass is 10.3. The number of rotatable bonds is 5. The molecule has 1 aliphatic heterocycles. The van der Waals surface area contributed by atoms with Gasteiger partial charge in [-0.2, -0.15) is 4.21 Å². The molecule has 14 heavy (non-hydrogen) atoms. The van der Waals surface area contributed by atoms with Crippen molar-refractivity contribution in [2.75, 3.05) is 39.5 Å². The summed E-state index contributed by atoms with van der Waals surface area (Å²) in [5.41, 5.74) is 0. The molecule has 2 atom stereocenters. The molecule has 0 amide bonds. The molecular formula is C7H15NO5S. The molecule has 2 N–H and O–H groups in total. The summed E-state index contributed by atoms with van der Waals surface area (Å²) in [5.74, 6) is 0. The average Bonchev–Trinajstić information content (AvgIpc) is 2.16. The minimum atomic E-state index is -2.30. The number of β-amino-alcohol motifs (C(OH)–C–C–N with tert-alkyl or cyclic N) is 1. The number of ether oxygens (including phenoxy) is 1. The Bertz CT molecular complexity index is 185. The van der Waals surface area contributed by atoms with E-state index >= 15 is 0 Å². The van der Waals surface area contributed by atoms with Gasteiger partial charge in [0.2, 0.25) is 0 Å². The Balaban J connectivity index is 2.11. The molecule has 0 aromatic rings. The Morgan fingerprint density at radius 3 is 2.71 bits per heavy atom. The summed E-state index contributed by atoms with van der Waals surface area (Å²) in [6.45, 7) is 3.21. The summed E-state index contributed by atoms with van der Waals surface area (Å²) in [5, 5.41) is 9.40. The molecule has 84 valence electrons. The molecule has 1 rings (SSSR count). The highest BCUT2D eigenvalue weighted by molar-refractivity contribution is 7.74. The van der Waals surface area contributed by atoms with Crippen molar-refractivity contribution >= 4 is 11.4 Å². The SMILES string of the molecule is O=S(O)OCC(O)CN1CCOCC1. The van der Waals surface area contributed by atoms with E-state index in [1.165, 1.54) is 0 Å². The summed E-state index contributed by atoms with van der Waals surface area (Å²) < 4.78 is 28.0. The van der Waals surface area contributed by atoms with Crippen molar-refractivity contribution in [1.29, 1.82) is 0 Å². The zero-order valence-corrected chi connectivity index (χ0v) is 8.61. The first-order valence-corrected chi connectivity index (χ1v) is 5.44. The van der Waals surface area contributed by atoms with Crippen molar-refractivity contribution in [3.05, 3.63) is 0 Å². The zero-order valence-electron chi connectivity index (χ0n) is 7.79. The van der Waals surface area contributed by atoms with Crippen LogP contribution in [0.4, 0.5) is 0 Å². The van der Waals surface area contributed by atoms with E-state index in [9.17, 15) is 9.32 Å². The molecule has 2 unspecified atom stereocenters. The molecule has 0 aromatic carbocycles. The quantitative estimate of drug-likeness (QED) is 0.574. The Hall–Kier alpha value is -0.0500. The smallest absolute Gasteiger partial charge is 0.301 e. The fourth-order valence-electron chi connectivity index (χ4n) is 1.27.